The Morgan fingerprint density at radius 1 is 1.03 bits per heavy atom. The van der Waals surface area contributed by atoms with E-state index in [1.807, 2.05) is 31.2 Å². The van der Waals surface area contributed by atoms with Gasteiger partial charge in [0, 0.05) is 17.8 Å². The van der Waals surface area contributed by atoms with Crippen LogP contribution in [0.1, 0.15) is 5.56 Å². The summed E-state index contributed by atoms with van der Waals surface area (Å²) in [5.74, 6) is 1.71. The van der Waals surface area contributed by atoms with E-state index in [1.165, 1.54) is 23.7 Å². The maximum Gasteiger partial charge on any atom is 0.234 e. The van der Waals surface area contributed by atoms with Crippen LogP contribution in [0, 0.1) is 6.92 Å². The van der Waals surface area contributed by atoms with Crippen molar-refractivity contribution in [3.8, 4) is 22.9 Å². The lowest BCUT2D eigenvalue weighted by Crippen LogP contribution is -2.15. The molecule has 0 radical (unpaired) electrons. The number of benzene rings is 2. The molecule has 0 unspecified atom stereocenters. The van der Waals surface area contributed by atoms with Crippen LogP contribution in [0.15, 0.2) is 60.0 Å². The second-order valence-electron chi connectivity index (χ2n) is 6.88. The molecule has 32 heavy (non-hydrogen) atoms. The highest BCUT2D eigenvalue weighted by molar-refractivity contribution is 8.00. The van der Waals surface area contributed by atoms with Crippen molar-refractivity contribution in [2.75, 3.05) is 25.3 Å². The van der Waals surface area contributed by atoms with Crippen molar-refractivity contribution >= 4 is 34.4 Å². The van der Waals surface area contributed by atoms with Gasteiger partial charge in [0.1, 0.15) is 22.9 Å². The van der Waals surface area contributed by atoms with Gasteiger partial charge in [-0.05, 0) is 19.1 Å². The molecule has 0 aliphatic heterocycles. The zero-order valence-corrected chi connectivity index (χ0v) is 18.6. The molecule has 0 aliphatic carbocycles. The fourth-order valence-electron chi connectivity index (χ4n) is 3.02. The van der Waals surface area contributed by atoms with Crippen LogP contribution in [-0.4, -0.2) is 45.8 Å². The van der Waals surface area contributed by atoms with E-state index in [2.05, 4.69) is 25.3 Å². The minimum atomic E-state index is -0.203. The van der Waals surface area contributed by atoms with Gasteiger partial charge in [0.15, 0.2) is 11.5 Å². The third kappa shape index (κ3) is 4.78. The minimum absolute atomic E-state index is 0.145. The van der Waals surface area contributed by atoms with Crippen LogP contribution >= 0.6 is 11.8 Å². The number of thioether (sulfide) groups is 1. The number of anilines is 1. The molecule has 0 aliphatic rings. The van der Waals surface area contributed by atoms with E-state index in [-0.39, 0.29) is 11.7 Å². The Labute approximate surface area is 189 Å². The number of ether oxygens (including phenoxy) is 2. The molecule has 0 saturated heterocycles. The fraction of sp³-hybridized carbons (Fsp3) is 0.174. The Morgan fingerprint density at radius 2 is 1.84 bits per heavy atom. The number of nitrogens with zero attached hydrogens (tertiary/aromatic N) is 4. The molecule has 9 heteroatoms. The van der Waals surface area contributed by atoms with Crippen LogP contribution in [0.2, 0.25) is 0 Å². The molecular formula is C23H21N5O3S. The summed E-state index contributed by atoms with van der Waals surface area (Å²) in [5, 5.41) is 4.18. The largest absolute Gasteiger partial charge is 0.497 e. The van der Waals surface area contributed by atoms with Crippen molar-refractivity contribution < 1.29 is 14.3 Å². The Bertz CT molecular complexity index is 1260. The number of hydrogen-bond acceptors (Lipinski definition) is 8. The number of carbonyl (C=O) groups excluding carboxylic acids is 1. The highest BCUT2D eigenvalue weighted by Crippen LogP contribution is 2.30. The average molecular weight is 448 g/mol. The second-order valence-corrected chi connectivity index (χ2v) is 7.84. The number of fused-ring (bicyclic) bond motifs is 1. The number of carbonyl (C=O) groups is 1. The van der Waals surface area contributed by atoms with E-state index < -0.39 is 0 Å². The molecule has 2 aromatic carbocycles. The van der Waals surface area contributed by atoms with Gasteiger partial charge in [0.25, 0.3) is 0 Å². The number of hydrogen-bond donors (Lipinski definition) is 1. The smallest absolute Gasteiger partial charge is 0.234 e. The summed E-state index contributed by atoms with van der Waals surface area (Å²) in [6.45, 7) is 2.03. The van der Waals surface area contributed by atoms with E-state index >= 15 is 0 Å². The topological polar surface area (TPSA) is 99.1 Å². The van der Waals surface area contributed by atoms with Gasteiger partial charge in [-0.3, -0.25) is 4.79 Å². The molecule has 2 heterocycles. The Hall–Kier alpha value is -3.72. The highest BCUT2D eigenvalue weighted by atomic mass is 32.2. The summed E-state index contributed by atoms with van der Waals surface area (Å²) in [5.41, 5.74) is 3.15. The van der Waals surface area contributed by atoms with Crippen molar-refractivity contribution in [1.29, 1.82) is 0 Å². The van der Waals surface area contributed by atoms with E-state index in [4.69, 9.17) is 9.47 Å². The normalized spacial score (nSPS) is 10.7. The SMILES string of the molecule is COc1ccc(OC)c(NC(=O)CSc2ncnc3nc(-c4ccc(C)cc4)ncc23)c1. The highest BCUT2D eigenvalue weighted by Gasteiger charge is 2.13. The first-order chi connectivity index (χ1) is 15.6. The van der Waals surface area contributed by atoms with Crippen LogP contribution in [0.3, 0.4) is 0 Å². The van der Waals surface area contributed by atoms with Crippen molar-refractivity contribution in [1.82, 2.24) is 19.9 Å². The summed E-state index contributed by atoms with van der Waals surface area (Å²) >= 11 is 1.29. The lowest BCUT2D eigenvalue weighted by atomic mass is 10.1. The van der Waals surface area contributed by atoms with Gasteiger partial charge in [-0.25, -0.2) is 19.9 Å². The second kappa shape index (κ2) is 9.61. The van der Waals surface area contributed by atoms with E-state index in [0.29, 0.717) is 39.1 Å². The molecule has 1 N–H and O–H groups in total. The van der Waals surface area contributed by atoms with Crippen LogP contribution in [-0.2, 0) is 4.79 Å². The van der Waals surface area contributed by atoms with Gasteiger partial charge in [0.2, 0.25) is 5.91 Å². The first kappa shape index (κ1) is 21.5. The third-order valence-corrected chi connectivity index (χ3v) is 5.69. The molecule has 0 spiro atoms. The number of amides is 1. The van der Waals surface area contributed by atoms with Gasteiger partial charge in [-0.15, -0.1) is 0 Å². The van der Waals surface area contributed by atoms with Gasteiger partial charge < -0.3 is 14.8 Å². The Balaban J connectivity index is 1.50. The summed E-state index contributed by atoms with van der Waals surface area (Å²) < 4.78 is 10.5. The molecule has 2 aromatic heterocycles. The molecule has 0 atom stereocenters. The number of rotatable bonds is 7. The number of nitrogens with one attached hydrogen (secondary N) is 1. The standard InChI is InChI=1S/C23H21N5O3S/c1-14-4-6-15(7-5-14)21-24-11-17-22(28-21)25-13-26-23(17)32-12-20(29)27-18-10-16(30-2)8-9-19(18)31-3/h4-11,13H,12H2,1-3H3,(H,27,29). The zero-order valence-electron chi connectivity index (χ0n) is 17.8. The summed E-state index contributed by atoms with van der Waals surface area (Å²) in [4.78, 5) is 30.2. The quantitative estimate of drug-likeness (QED) is 0.333. The summed E-state index contributed by atoms with van der Waals surface area (Å²) in [6.07, 6.45) is 3.14. The molecule has 0 bridgehead atoms. The molecule has 0 fully saturated rings. The molecule has 4 rings (SSSR count). The van der Waals surface area contributed by atoms with Crippen molar-refractivity contribution in [2.24, 2.45) is 0 Å². The number of aromatic nitrogens is 4. The molecular weight excluding hydrogens is 426 g/mol. The first-order valence-electron chi connectivity index (χ1n) is 9.77. The lowest BCUT2D eigenvalue weighted by molar-refractivity contribution is -0.113. The molecule has 4 aromatic rings. The minimum Gasteiger partial charge on any atom is -0.497 e. The van der Waals surface area contributed by atoms with Gasteiger partial charge >= 0.3 is 0 Å². The monoisotopic (exact) mass is 447 g/mol. The van der Waals surface area contributed by atoms with Crippen molar-refractivity contribution in [3.63, 3.8) is 0 Å². The fourth-order valence-corrected chi connectivity index (χ4v) is 3.78. The predicted octanol–water partition coefficient (Wildman–Crippen LogP) is 4.14. The van der Waals surface area contributed by atoms with Crippen LogP contribution in [0.4, 0.5) is 5.69 Å². The molecule has 0 saturated carbocycles. The summed E-state index contributed by atoms with van der Waals surface area (Å²) in [7, 11) is 3.11. The molecule has 1 amide bonds. The van der Waals surface area contributed by atoms with Gasteiger partial charge in [-0.1, -0.05) is 41.6 Å². The maximum atomic E-state index is 12.6. The maximum absolute atomic E-state index is 12.6. The number of aryl methyl sites for hydroxylation is 1. The van der Waals surface area contributed by atoms with Gasteiger partial charge in [0.05, 0.1) is 31.0 Å². The average Bonchev–Trinajstić information content (AvgIpc) is 2.82. The first-order valence-corrected chi connectivity index (χ1v) is 10.8. The lowest BCUT2D eigenvalue weighted by Gasteiger charge is -2.11. The number of methoxy groups -OCH3 is 2. The van der Waals surface area contributed by atoms with Crippen LogP contribution in [0.25, 0.3) is 22.4 Å². The predicted molar refractivity (Wildman–Crippen MR) is 124 cm³/mol. The Morgan fingerprint density at radius 3 is 2.59 bits per heavy atom. The van der Waals surface area contributed by atoms with Crippen molar-refractivity contribution in [3.05, 3.63) is 60.6 Å². The Kier molecular flexibility index (Phi) is 6.46. The molecule has 8 nitrogen and oxygen atoms in total. The summed E-state index contributed by atoms with van der Waals surface area (Å²) in [6, 6.07) is 13.2. The zero-order chi connectivity index (χ0) is 22.5. The van der Waals surface area contributed by atoms with Crippen molar-refractivity contribution in [2.45, 2.75) is 11.9 Å². The molecule has 162 valence electrons. The van der Waals surface area contributed by atoms with E-state index in [1.54, 1.807) is 38.6 Å². The van der Waals surface area contributed by atoms with E-state index in [9.17, 15) is 4.79 Å². The van der Waals surface area contributed by atoms with Crippen LogP contribution in [0.5, 0.6) is 11.5 Å². The van der Waals surface area contributed by atoms with Gasteiger partial charge in [-0.2, -0.15) is 0 Å². The van der Waals surface area contributed by atoms with Crippen LogP contribution < -0.4 is 14.8 Å². The third-order valence-electron chi connectivity index (χ3n) is 4.68. The van der Waals surface area contributed by atoms with E-state index in [0.717, 1.165) is 5.56 Å².